The number of carbonyl (C=O) groups excluding carboxylic acids is 2. The molecule has 16 heavy (non-hydrogen) atoms. The van der Waals surface area contributed by atoms with Crippen LogP contribution in [-0.2, 0) is 15.0 Å². The topological polar surface area (TPSA) is 73.1 Å². The number of rotatable bonds is 4. The number of nitrogens with zero attached hydrogens (tertiary/aromatic N) is 1. The number of hydrogen-bond acceptors (Lipinski definition) is 3. The van der Waals surface area contributed by atoms with E-state index in [1.54, 1.807) is 18.2 Å². The van der Waals surface area contributed by atoms with Crippen LogP contribution in [0.2, 0.25) is 0 Å². The van der Waals surface area contributed by atoms with Gasteiger partial charge in [0, 0.05) is 22.6 Å². The van der Waals surface area contributed by atoms with Gasteiger partial charge in [0.15, 0.2) is 0 Å². The molecule has 0 saturated heterocycles. The van der Waals surface area contributed by atoms with Crippen LogP contribution in [0, 0.1) is 5.92 Å². The summed E-state index contributed by atoms with van der Waals surface area (Å²) in [6.45, 7) is -2.33. The maximum absolute atomic E-state index is 11.9. The second-order valence-corrected chi connectivity index (χ2v) is 3.95. The zero-order valence-corrected chi connectivity index (χ0v) is 8.64. The van der Waals surface area contributed by atoms with Gasteiger partial charge in [-0.05, 0) is 18.6 Å². The summed E-state index contributed by atoms with van der Waals surface area (Å²) in [4.78, 5) is 27.6. The molecule has 2 rings (SSSR count). The predicted molar refractivity (Wildman–Crippen MR) is 58.5 cm³/mol. The maximum Gasteiger partial charge on any atom is 0.230 e. The maximum atomic E-state index is 11.9. The van der Waals surface area contributed by atoms with Crippen LogP contribution in [0.3, 0.4) is 0 Å². The molecule has 0 aliphatic heterocycles. The van der Waals surface area contributed by atoms with Crippen LogP contribution in [0.25, 0.3) is 0 Å². The third kappa shape index (κ3) is 1.41. The summed E-state index contributed by atoms with van der Waals surface area (Å²) in [7, 11) is 0. The van der Waals surface area contributed by atoms with Gasteiger partial charge in [-0.2, -0.15) is 0 Å². The van der Waals surface area contributed by atoms with E-state index in [-0.39, 0.29) is 6.42 Å². The van der Waals surface area contributed by atoms with Crippen molar-refractivity contribution in [2.75, 3.05) is 0 Å². The molecule has 2 unspecified atom stereocenters. The minimum absolute atomic E-state index is 0.244. The Kier molecular flexibility index (Phi) is 1.75. The quantitative estimate of drug-likeness (QED) is 0.817. The second kappa shape index (κ2) is 3.70. The standard InChI is InChI=1S/C12H14N2O2/c1-2-9(15)8-7-12(8,11(13)16)10-5-3-4-6-14-10/h3-6,8H,2,7H2,1H3,(H2,13,16)/i1D3. The van der Waals surface area contributed by atoms with Gasteiger partial charge in [0.1, 0.15) is 11.2 Å². The first kappa shape index (κ1) is 7.54. The molecule has 1 fully saturated rings. The first-order valence-electron chi connectivity index (χ1n) is 6.51. The van der Waals surface area contributed by atoms with E-state index in [0.717, 1.165) is 0 Å². The largest absolute Gasteiger partial charge is 0.369 e. The molecule has 84 valence electrons. The summed E-state index contributed by atoms with van der Waals surface area (Å²) < 4.78 is 21.3. The van der Waals surface area contributed by atoms with E-state index in [4.69, 9.17) is 9.85 Å². The van der Waals surface area contributed by atoms with E-state index in [9.17, 15) is 9.59 Å². The van der Waals surface area contributed by atoms with E-state index in [1.807, 2.05) is 0 Å². The van der Waals surface area contributed by atoms with Crippen LogP contribution in [0.5, 0.6) is 0 Å². The number of amides is 1. The van der Waals surface area contributed by atoms with Crippen LogP contribution in [0.15, 0.2) is 24.4 Å². The number of pyridine rings is 1. The van der Waals surface area contributed by atoms with Gasteiger partial charge in [0.25, 0.3) is 0 Å². The van der Waals surface area contributed by atoms with Gasteiger partial charge in [-0.3, -0.25) is 14.6 Å². The Labute approximate surface area is 98.1 Å². The van der Waals surface area contributed by atoms with E-state index in [0.29, 0.717) is 5.69 Å². The van der Waals surface area contributed by atoms with Crippen LogP contribution in [0.1, 0.15) is 29.5 Å². The molecule has 1 aromatic heterocycles. The molecule has 1 saturated carbocycles. The van der Waals surface area contributed by atoms with Gasteiger partial charge in [-0.1, -0.05) is 12.9 Å². The lowest BCUT2D eigenvalue weighted by Crippen LogP contribution is -2.32. The Bertz CT molecular complexity index is 515. The summed E-state index contributed by atoms with van der Waals surface area (Å²) in [6, 6.07) is 5.03. The van der Waals surface area contributed by atoms with Crippen molar-refractivity contribution in [1.29, 1.82) is 0 Å². The molecule has 2 N–H and O–H groups in total. The van der Waals surface area contributed by atoms with Crippen molar-refractivity contribution in [3.63, 3.8) is 0 Å². The van der Waals surface area contributed by atoms with Crippen molar-refractivity contribution in [1.82, 2.24) is 4.98 Å². The third-order valence-corrected chi connectivity index (χ3v) is 3.09. The summed E-state index contributed by atoms with van der Waals surface area (Å²) in [5.74, 6) is -1.75. The van der Waals surface area contributed by atoms with Crippen molar-refractivity contribution in [3.8, 4) is 0 Å². The zero-order valence-electron chi connectivity index (χ0n) is 11.6. The van der Waals surface area contributed by atoms with Gasteiger partial charge in [0.05, 0.1) is 5.69 Å². The molecule has 1 aliphatic rings. The lowest BCUT2D eigenvalue weighted by atomic mass is 9.95. The number of nitrogens with two attached hydrogens (primary N) is 1. The summed E-state index contributed by atoms with van der Waals surface area (Å²) in [6.07, 6.45) is 1.22. The summed E-state index contributed by atoms with van der Waals surface area (Å²) >= 11 is 0. The van der Waals surface area contributed by atoms with E-state index >= 15 is 0 Å². The zero-order chi connectivity index (χ0) is 14.3. The molecule has 0 aromatic carbocycles. The lowest BCUT2D eigenvalue weighted by Gasteiger charge is -2.11. The Morgan fingerprint density at radius 1 is 1.69 bits per heavy atom. The Balaban J connectivity index is 2.24. The van der Waals surface area contributed by atoms with Crippen molar-refractivity contribution in [2.45, 2.75) is 25.1 Å². The lowest BCUT2D eigenvalue weighted by molar-refractivity contribution is -0.125. The minimum Gasteiger partial charge on any atom is -0.369 e. The van der Waals surface area contributed by atoms with Crippen molar-refractivity contribution in [3.05, 3.63) is 30.1 Å². The molecule has 2 atom stereocenters. The first-order chi connectivity index (χ1) is 8.77. The van der Waals surface area contributed by atoms with Crippen molar-refractivity contribution >= 4 is 11.7 Å². The minimum atomic E-state index is -2.33. The molecular weight excluding hydrogens is 204 g/mol. The number of hydrogen-bond donors (Lipinski definition) is 1. The van der Waals surface area contributed by atoms with Gasteiger partial charge in [-0.25, -0.2) is 0 Å². The molecule has 0 radical (unpaired) electrons. The van der Waals surface area contributed by atoms with E-state index in [1.165, 1.54) is 6.20 Å². The highest BCUT2D eigenvalue weighted by Crippen LogP contribution is 2.54. The van der Waals surface area contributed by atoms with Crippen LogP contribution >= 0.6 is 0 Å². The molecule has 0 spiro atoms. The van der Waals surface area contributed by atoms with Crippen LogP contribution in [0.4, 0.5) is 0 Å². The molecular formula is C12H14N2O2. The average Bonchev–Trinajstić information content (AvgIpc) is 3.04. The average molecular weight is 221 g/mol. The molecule has 1 heterocycles. The molecule has 4 nitrogen and oxygen atoms in total. The van der Waals surface area contributed by atoms with Gasteiger partial charge in [0.2, 0.25) is 5.91 Å². The highest BCUT2D eigenvalue weighted by atomic mass is 16.2. The monoisotopic (exact) mass is 221 g/mol. The number of carbonyl (C=O) groups is 2. The van der Waals surface area contributed by atoms with E-state index < -0.39 is 36.3 Å². The summed E-state index contributed by atoms with van der Waals surface area (Å²) in [5.41, 5.74) is 4.70. The fourth-order valence-corrected chi connectivity index (χ4v) is 2.08. The SMILES string of the molecule is [2H]C([2H])([2H])CC(=O)C1CC1(C(N)=O)c1ccccn1. The van der Waals surface area contributed by atoms with Crippen molar-refractivity contribution in [2.24, 2.45) is 11.7 Å². The van der Waals surface area contributed by atoms with Gasteiger partial charge in [-0.15, -0.1) is 0 Å². The fraction of sp³-hybridized carbons (Fsp3) is 0.417. The van der Waals surface area contributed by atoms with Crippen molar-refractivity contribution < 1.29 is 13.7 Å². The fourth-order valence-electron chi connectivity index (χ4n) is 2.08. The van der Waals surface area contributed by atoms with Crippen LogP contribution < -0.4 is 5.73 Å². The molecule has 1 aliphatic carbocycles. The predicted octanol–water partition coefficient (Wildman–Crippen LogP) is 0.804. The number of primary amides is 1. The molecule has 1 amide bonds. The van der Waals surface area contributed by atoms with E-state index in [2.05, 4.69) is 4.98 Å². The normalized spacial score (nSPS) is 31.0. The Morgan fingerprint density at radius 3 is 3.06 bits per heavy atom. The smallest absolute Gasteiger partial charge is 0.230 e. The first-order valence-corrected chi connectivity index (χ1v) is 5.01. The number of ketones is 1. The number of Topliss-reactive ketones (excluding diaryl/α,β-unsaturated/α-hetero) is 1. The highest BCUT2D eigenvalue weighted by Gasteiger charge is 2.63. The molecule has 0 bridgehead atoms. The number of aromatic nitrogens is 1. The molecule has 1 aromatic rings. The second-order valence-electron chi connectivity index (χ2n) is 3.95. The molecule has 4 heteroatoms. The van der Waals surface area contributed by atoms with Gasteiger partial charge >= 0.3 is 0 Å². The highest BCUT2D eigenvalue weighted by molar-refractivity contribution is 6.00. The summed E-state index contributed by atoms with van der Waals surface area (Å²) in [5, 5.41) is 0. The van der Waals surface area contributed by atoms with Gasteiger partial charge < -0.3 is 5.73 Å². The Hall–Kier alpha value is -1.71. The Morgan fingerprint density at radius 2 is 2.50 bits per heavy atom. The third-order valence-electron chi connectivity index (χ3n) is 3.09. The van der Waals surface area contributed by atoms with Crippen LogP contribution in [-0.4, -0.2) is 16.7 Å².